The van der Waals surface area contributed by atoms with E-state index in [1.807, 2.05) is 54.0 Å². The van der Waals surface area contributed by atoms with Crippen molar-refractivity contribution in [1.82, 2.24) is 24.2 Å². The molecule has 0 saturated carbocycles. The number of anilines is 1. The SMILES string of the molecule is CCOC(=O)CN1CCC(C2CCN(C(=O)[C@@H](Cc3cc(C)c4c(c3)oc(=O)n4C)OC(=O)N3CCC(N4CCc5ccccc5NC4=O)CC3)CC2)CC1. The minimum atomic E-state index is -1.06. The van der Waals surface area contributed by atoms with Crippen molar-refractivity contribution in [3.8, 4) is 0 Å². The van der Waals surface area contributed by atoms with E-state index in [9.17, 15) is 24.0 Å². The molecule has 3 aromatic rings. The van der Waals surface area contributed by atoms with Crippen LogP contribution in [-0.2, 0) is 39.0 Å². The molecule has 14 nitrogen and oxygen atoms in total. The van der Waals surface area contributed by atoms with Gasteiger partial charge in [0, 0.05) is 57.9 Å². The highest BCUT2D eigenvalue weighted by Gasteiger charge is 2.37. The summed E-state index contributed by atoms with van der Waals surface area (Å²) in [5.41, 5.74) is 4.63. The molecule has 0 unspecified atom stereocenters. The van der Waals surface area contributed by atoms with Gasteiger partial charge in [0.2, 0.25) is 0 Å². The first-order valence-electron chi connectivity index (χ1n) is 19.9. The van der Waals surface area contributed by atoms with Crippen LogP contribution in [0.15, 0.2) is 45.6 Å². The number of fused-ring (bicyclic) bond motifs is 2. The smallest absolute Gasteiger partial charge is 0.419 e. The number of likely N-dealkylation sites (tertiary alicyclic amines) is 3. The summed E-state index contributed by atoms with van der Waals surface area (Å²) in [7, 11) is 1.66. The van der Waals surface area contributed by atoms with Gasteiger partial charge in [0.15, 0.2) is 11.7 Å². The summed E-state index contributed by atoms with van der Waals surface area (Å²) < 4.78 is 18.2. The lowest BCUT2D eigenvalue weighted by Crippen LogP contribution is -2.52. The zero-order valence-electron chi connectivity index (χ0n) is 32.3. The van der Waals surface area contributed by atoms with Crippen LogP contribution in [0, 0.1) is 18.8 Å². The van der Waals surface area contributed by atoms with Gasteiger partial charge in [-0.1, -0.05) is 24.3 Å². The molecule has 296 valence electrons. The predicted octanol–water partition coefficient (Wildman–Crippen LogP) is 4.56. The van der Waals surface area contributed by atoms with Gasteiger partial charge in [-0.15, -0.1) is 0 Å². The van der Waals surface area contributed by atoms with E-state index in [1.165, 1.54) is 4.57 Å². The molecular weight excluding hydrogens is 704 g/mol. The van der Waals surface area contributed by atoms with Crippen molar-refractivity contribution < 1.29 is 33.1 Å². The number of nitrogens with one attached hydrogen (secondary N) is 1. The number of piperidine rings is 3. The molecule has 0 aliphatic carbocycles. The number of amides is 4. The van der Waals surface area contributed by atoms with Crippen LogP contribution >= 0.6 is 0 Å². The average molecular weight is 759 g/mol. The number of ether oxygens (including phenoxy) is 2. The maximum absolute atomic E-state index is 14.3. The van der Waals surface area contributed by atoms with Crippen molar-refractivity contribution in [2.24, 2.45) is 18.9 Å². The largest absolute Gasteiger partial charge is 0.465 e. The van der Waals surface area contributed by atoms with Crippen LogP contribution in [-0.4, -0.2) is 119 Å². The number of benzene rings is 2. The van der Waals surface area contributed by atoms with E-state index in [0.717, 1.165) is 67.6 Å². The second-order valence-electron chi connectivity index (χ2n) is 15.6. The van der Waals surface area contributed by atoms with Crippen LogP contribution in [0.2, 0.25) is 0 Å². The molecule has 1 aromatic heterocycles. The maximum atomic E-state index is 14.3. The second kappa shape index (κ2) is 16.9. The second-order valence-corrected chi connectivity index (χ2v) is 15.6. The fraction of sp³-hybridized carbons (Fsp3) is 0.585. The molecule has 0 bridgehead atoms. The standard InChI is InChI=1S/C41H54N6O8/c1-4-53-36(48)26-44-16-9-29(10-17-44)30-11-18-45(19-12-30)38(49)35(25-28-23-27(2)37-34(24-28)54-40(51)43(37)3)55-41(52)46-20-14-32(15-21-46)47-22-13-31-7-5-6-8-33(31)42-39(47)50/h5-8,23-24,29-30,32,35H,4,9-22,25-26H2,1-3H3,(H,42,50)/t35-/m1/s1. The van der Waals surface area contributed by atoms with Crippen molar-refractivity contribution in [3.05, 3.63) is 63.6 Å². The molecule has 4 aliphatic heterocycles. The van der Waals surface area contributed by atoms with Crippen LogP contribution in [0.25, 0.3) is 11.1 Å². The van der Waals surface area contributed by atoms with Gasteiger partial charge in [0.1, 0.15) is 0 Å². The number of carbonyl (C=O) groups is 4. The molecule has 7 rings (SSSR count). The molecule has 1 atom stereocenters. The zero-order chi connectivity index (χ0) is 38.6. The third-order valence-corrected chi connectivity index (χ3v) is 12.2. The summed E-state index contributed by atoms with van der Waals surface area (Å²) in [5.74, 6) is 0.164. The number of carbonyl (C=O) groups excluding carboxylic acids is 4. The summed E-state index contributed by atoms with van der Waals surface area (Å²) in [6, 6.07) is 11.4. The van der Waals surface area contributed by atoms with Crippen molar-refractivity contribution >= 4 is 40.8 Å². The minimum absolute atomic E-state index is 0.0166. The lowest BCUT2D eigenvalue weighted by atomic mass is 9.78. The number of esters is 1. The molecule has 4 amide bonds. The Hall–Kier alpha value is -4.85. The first kappa shape index (κ1) is 38.4. The average Bonchev–Trinajstić information content (AvgIpc) is 3.36. The van der Waals surface area contributed by atoms with Gasteiger partial charge >= 0.3 is 23.8 Å². The van der Waals surface area contributed by atoms with E-state index >= 15 is 0 Å². The minimum Gasteiger partial charge on any atom is -0.465 e. The number of para-hydroxylation sites is 1. The zero-order valence-corrected chi connectivity index (χ0v) is 32.3. The van der Waals surface area contributed by atoms with E-state index in [4.69, 9.17) is 13.9 Å². The van der Waals surface area contributed by atoms with Gasteiger partial charge < -0.3 is 33.9 Å². The number of oxazole rings is 1. The van der Waals surface area contributed by atoms with Gasteiger partial charge in [-0.25, -0.2) is 14.4 Å². The first-order valence-corrected chi connectivity index (χ1v) is 19.9. The molecular formula is C41H54N6O8. The molecule has 0 spiro atoms. The van der Waals surface area contributed by atoms with Crippen LogP contribution in [0.5, 0.6) is 0 Å². The molecule has 0 radical (unpaired) electrons. The van der Waals surface area contributed by atoms with E-state index in [0.29, 0.717) is 81.7 Å². The Morgan fingerprint density at radius 3 is 2.27 bits per heavy atom. The Labute approximate surface area is 321 Å². The summed E-state index contributed by atoms with van der Waals surface area (Å²) in [4.78, 5) is 73.0. The number of aromatic nitrogens is 1. The fourth-order valence-electron chi connectivity index (χ4n) is 9.15. The molecule has 3 fully saturated rings. The Kier molecular flexibility index (Phi) is 11.8. The first-order chi connectivity index (χ1) is 26.6. The number of hydrogen-bond donors (Lipinski definition) is 1. The summed E-state index contributed by atoms with van der Waals surface area (Å²) >= 11 is 0. The van der Waals surface area contributed by atoms with E-state index in [2.05, 4.69) is 10.2 Å². The third kappa shape index (κ3) is 8.69. The molecule has 5 heterocycles. The highest BCUT2D eigenvalue weighted by molar-refractivity contribution is 5.91. The van der Waals surface area contributed by atoms with Crippen molar-refractivity contribution in [2.45, 2.75) is 77.4 Å². The Bertz CT molecular complexity index is 1930. The van der Waals surface area contributed by atoms with E-state index in [-0.39, 0.29) is 30.4 Å². The molecule has 14 heteroatoms. The van der Waals surface area contributed by atoms with Crippen LogP contribution in [0.4, 0.5) is 15.3 Å². The van der Waals surface area contributed by atoms with Crippen LogP contribution in [0.3, 0.4) is 0 Å². The normalized spacial score (nSPS) is 19.8. The van der Waals surface area contributed by atoms with Gasteiger partial charge in [-0.2, -0.15) is 0 Å². The van der Waals surface area contributed by atoms with E-state index < -0.39 is 18.0 Å². The molecule has 55 heavy (non-hydrogen) atoms. The molecule has 2 aromatic carbocycles. The van der Waals surface area contributed by atoms with Crippen molar-refractivity contribution in [2.75, 3.05) is 64.3 Å². The number of rotatable bonds is 9. The quantitative estimate of drug-likeness (QED) is 0.311. The fourth-order valence-corrected chi connectivity index (χ4v) is 9.15. The predicted molar refractivity (Wildman–Crippen MR) is 206 cm³/mol. The summed E-state index contributed by atoms with van der Waals surface area (Å²) in [6.07, 6.45) is 4.29. The third-order valence-electron chi connectivity index (χ3n) is 12.2. The molecule has 4 aliphatic rings. The van der Waals surface area contributed by atoms with E-state index in [1.54, 1.807) is 18.0 Å². The summed E-state index contributed by atoms with van der Waals surface area (Å²) in [6.45, 7) is 8.75. The molecule has 3 saturated heterocycles. The van der Waals surface area contributed by atoms with Crippen LogP contribution in [0.1, 0.15) is 62.1 Å². The van der Waals surface area contributed by atoms with Gasteiger partial charge in [-0.3, -0.25) is 19.1 Å². The number of urea groups is 1. The Morgan fingerprint density at radius 1 is 0.891 bits per heavy atom. The highest BCUT2D eigenvalue weighted by Crippen LogP contribution is 2.33. The van der Waals surface area contributed by atoms with Crippen molar-refractivity contribution in [3.63, 3.8) is 0 Å². The number of hydrogen-bond acceptors (Lipinski definition) is 9. The van der Waals surface area contributed by atoms with Crippen LogP contribution < -0.4 is 11.1 Å². The Balaban J connectivity index is 0.985. The topological polar surface area (TPSA) is 147 Å². The van der Waals surface area contributed by atoms with Gasteiger partial charge in [0.25, 0.3) is 5.91 Å². The molecule has 1 N–H and O–H groups in total. The van der Waals surface area contributed by atoms with Gasteiger partial charge in [-0.05, 0) is 113 Å². The lowest BCUT2D eigenvalue weighted by Gasteiger charge is -2.41. The number of aryl methyl sites for hydroxylation is 2. The monoisotopic (exact) mass is 758 g/mol. The lowest BCUT2D eigenvalue weighted by molar-refractivity contribution is -0.144. The van der Waals surface area contributed by atoms with Gasteiger partial charge in [0.05, 0.1) is 18.7 Å². The highest BCUT2D eigenvalue weighted by atomic mass is 16.6. The van der Waals surface area contributed by atoms with Crippen molar-refractivity contribution in [1.29, 1.82) is 0 Å². The summed E-state index contributed by atoms with van der Waals surface area (Å²) in [5, 5.41) is 3.05. The Morgan fingerprint density at radius 2 is 1.56 bits per heavy atom. The number of nitrogens with zero attached hydrogens (tertiary/aromatic N) is 5. The maximum Gasteiger partial charge on any atom is 0.419 e.